The second-order valence-corrected chi connectivity index (χ2v) is 3.66. The van der Waals surface area contributed by atoms with Gasteiger partial charge in [0.05, 0.1) is 18.8 Å². The summed E-state index contributed by atoms with van der Waals surface area (Å²) in [6.45, 7) is 3.44. The maximum atomic E-state index is 9.47. The Labute approximate surface area is 82.1 Å². The molecule has 0 spiro atoms. The first-order valence-electron chi connectivity index (χ1n) is 4.60. The van der Waals surface area contributed by atoms with Crippen LogP contribution in [0.4, 0.5) is 0 Å². The fourth-order valence-corrected chi connectivity index (χ4v) is 1.68. The normalized spacial score (nSPS) is 43.0. The van der Waals surface area contributed by atoms with Gasteiger partial charge in [0.1, 0.15) is 0 Å². The summed E-state index contributed by atoms with van der Waals surface area (Å²) in [7, 11) is 0. The van der Waals surface area contributed by atoms with Gasteiger partial charge in [-0.2, -0.15) is 0 Å². The van der Waals surface area contributed by atoms with Crippen LogP contribution in [0.25, 0.3) is 10.4 Å². The number of rotatable bonds is 2. The molecule has 1 aliphatic heterocycles. The average Bonchev–Trinajstić information content (AvgIpc) is 2.19. The first-order valence-corrected chi connectivity index (χ1v) is 4.60. The minimum Gasteiger partial charge on any atom is -0.394 e. The molecule has 14 heavy (non-hydrogen) atoms. The summed E-state index contributed by atoms with van der Waals surface area (Å²) in [6, 6.07) is -0.414. The van der Waals surface area contributed by atoms with Crippen molar-refractivity contribution in [3.63, 3.8) is 0 Å². The number of aliphatic hydroxyl groups is 2. The van der Waals surface area contributed by atoms with Crippen LogP contribution in [-0.2, 0) is 4.74 Å². The Hall–Kier alpha value is -0.810. The molecule has 0 bridgehead atoms. The van der Waals surface area contributed by atoms with Crippen molar-refractivity contribution in [2.75, 3.05) is 6.61 Å². The summed E-state index contributed by atoms with van der Waals surface area (Å²) in [4.78, 5) is 2.72. The number of azide groups is 1. The summed E-state index contributed by atoms with van der Waals surface area (Å²) < 4.78 is 5.12. The van der Waals surface area contributed by atoms with E-state index in [0.29, 0.717) is 0 Å². The zero-order valence-corrected chi connectivity index (χ0v) is 8.24. The summed E-state index contributed by atoms with van der Waals surface area (Å²) in [5.74, 6) is -0.111. The molecule has 80 valence electrons. The zero-order chi connectivity index (χ0) is 10.7. The summed E-state index contributed by atoms with van der Waals surface area (Å²) in [5.41, 5.74) is 8.36. The van der Waals surface area contributed by atoms with Gasteiger partial charge < -0.3 is 14.9 Å². The average molecular weight is 201 g/mol. The van der Waals surface area contributed by atoms with Gasteiger partial charge >= 0.3 is 0 Å². The van der Waals surface area contributed by atoms with Crippen LogP contribution in [0.3, 0.4) is 0 Å². The molecule has 1 aliphatic rings. The lowest BCUT2D eigenvalue weighted by Crippen LogP contribution is -2.49. The quantitative estimate of drug-likeness (QED) is 0.389. The number of hydrogen-bond donors (Lipinski definition) is 2. The first kappa shape index (κ1) is 11.3. The molecule has 2 N–H and O–H groups in total. The Balaban J connectivity index is 2.82. The largest absolute Gasteiger partial charge is 0.394 e. The molecule has 1 rings (SSSR count). The second kappa shape index (κ2) is 4.61. The number of nitrogens with zero attached hydrogens (tertiary/aromatic N) is 3. The SMILES string of the molecule is C[C@H]1[C@H](N=[N+]=[N-])[C@@H](CO)OC(O)[C@@H]1C. The molecular weight excluding hydrogens is 186 g/mol. The molecular formula is C8H15N3O3. The van der Waals surface area contributed by atoms with Crippen molar-refractivity contribution < 1.29 is 14.9 Å². The maximum Gasteiger partial charge on any atom is 0.157 e. The highest BCUT2D eigenvalue weighted by Gasteiger charge is 2.39. The molecule has 1 unspecified atom stereocenters. The van der Waals surface area contributed by atoms with E-state index in [4.69, 9.17) is 15.4 Å². The van der Waals surface area contributed by atoms with Gasteiger partial charge in [-0.1, -0.05) is 19.0 Å². The molecule has 1 heterocycles. The standard InChI is InChI=1S/C8H15N3O3/c1-4-5(2)8(13)14-6(3-12)7(4)10-11-9/h4-8,12-13H,3H2,1-2H3/t4-,5-,6-,7+,8?/m1/s1. The van der Waals surface area contributed by atoms with Crippen molar-refractivity contribution >= 4 is 0 Å². The minimum absolute atomic E-state index is 0.00759. The van der Waals surface area contributed by atoms with Gasteiger partial charge in [0.15, 0.2) is 6.29 Å². The van der Waals surface area contributed by atoms with Gasteiger partial charge in [0, 0.05) is 10.8 Å². The predicted molar refractivity (Wildman–Crippen MR) is 49.2 cm³/mol. The van der Waals surface area contributed by atoms with Crippen molar-refractivity contribution in [3.8, 4) is 0 Å². The minimum atomic E-state index is -0.896. The van der Waals surface area contributed by atoms with Crippen molar-refractivity contribution in [1.29, 1.82) is 0 Å². The van der Waals surface area contributed by atoms with Gasteiger partial charge in [0.2, 0.25) is 0 Å². The molecule has 1 fully saturated rings. The van der Waals surface area contributed by atoms with Crippen LogP contribution >= 0.6 is 0 Å². The van der Waals surface area contributed by atoms with Crippen molar-refractivity contribution in [2.24, 2.45) is 17.0 Å². The van der Waals surface area contributed by atoms with Crippen molar-refractivity contribution in [2.45, 2.75) is 32.3 Å². The molecule has 0 aliphatic carbocycles. The van der Waals surface area contributed by atoms with Crippen LogP contribution in [0.5, 0.6) is 0 Å². The Morgan fingerprint density at radius 1 is 1.43 bits per heavy atom. The van der Waals surface area contributed by atoms with E-state index in [1.54, 1.807) is 0 Å². The fraction of sp³-hybridized carbons (Fsp3) is 1.00. The number of ether oxygens (including phenoxy) is 1. The summed E-state index contributed by atoms with van der Waals surface area (Å²) in [6.07, 6.45) is -1.50. The molecule has 6 nitrogen and oxygen atoms in total. The molecule has 5 atom stereocenters. The van der Waals surface area contributed by atoms with Gasteiger partial charge in [-0.15, -0.1) is 0 Å². The van der Waals surface area contributed by atoms with Crippen LogP contribution in [0.15, 0.2) is 5.11 Å². The summed E-state index contributed by atoms with van der Waals surface area (Å²) in [5, 5.41) is 22.0. The van der Waals surface area contributed by atoms with E-state index >= 15 is 0 Å². The number of hydrogen-bond acceptors (Lipinski definition) is 4. The number of aliphatic hydroxyl groups excluding tert-OH is 2. The van der Waals surface area contributed by atoms with Crippen molar-refractivity contribution in [3.05, 3.63) is 10.4 Å². The second-order valence-electron chi connectivity index (χ2n) is 3.66. The zero-order valence-electron chi connectivity index (χ0n) is 8.24. The van der Waals surface area contributed by atoms with Crippen molar-refractivity contribution in [1.82, 2.24) is 0 Å². The molecule has 0 aromatic rings. The fourth-order valence-electron chi connectivity index (χ4n) is 1.68. The Morgan fingerprint density at radius 3 is 2.57 bits per heavy atom. The third kappa shape index (κ3) is 1.99. The van der Waals surface area contributed by atoms with Crippen LogP contribution in [0.2, 0.25) is 0 Å². The lowest BCUT2D eigenvalue weighted by atomic mass is 9.83. The van der Waals surface area contributed by atoms with Gasteiger partial charge in [-0.05, 0) is 11.4 Å². The highest BCUT2D eigenvalue weighted by molar-refractivity contribution is 4.89. The lowest BCUT2D eigenvalue weighted by Gasteiger charge is -2.40. The van der Waals surface area contributed by atoms with Gasteiger partial charge in [-0.3, -0.25) is 0 Å². The molecule has 0 amide bonds. The van der Waals surface area contributed by atoms with E-state index in [1.165, 1.54) is 0 Å². The van der Waals surface area contributed by atoms with E-state index in [9.17, 15) is 5.11 Å². The molecule has 0 radical (unpaired) electrons. The van der Waals surface area contributed by atoms with E-state index in [-0.39, 0.29) is 18.4 Å². The van der Waals surface area contributed by atoms with E-state index in [0.717, 1.165) is 0 Å². The molecule has 0 aromatic heterocycles. The molecule has 1 saturated heterocycles. The van der Waals surface area contributed by atoms with Crippen LogP contribution in [0.1, 0.15) is 13.8 Å². The predicted octanol–water partition coefficient (Wildman–Crippen LogP) is 0.647. The molecule has 6 heteroatoms. The van der Waals surface area contributed by atoms with Gasteiger partial charge in [-0.25, -0.2) is 0 Å². The van der Waals surface area contributed by atoms with Crippen LogP contribution in [-0.4, -0.2) is 35.3 Å². The Bertz CT molecular complexity index is 240. The third-order valence-corrected chi connectivity index (χ3v) is 2.88. The van der Waals surface area contributed by atoms with E-state index in [2.05, 4.69) is 10.0 Å². The van der Waals surface area contributed by atoms with Crippen LogP contribution in [0, 0.1) is 11.8 Å². The summed E-state index contributed by atoms with van der Waals surface area (Å²) >= 11 is 0. The Kier molecular flexibility index (Phi) is 3.71. The third-order valence-electron chi connectivity index (χ3n) is 2.88. The topological polar surface area (TPSA) is 98.5 Å². The van der Waals surface area contributed by atoms with E-state index in [1.807, 2.05) is 13.8 Å². The van der Waals surface area contributed by atoms with E-state index < -0.39 is 18.4 Å². The van der Waals surface area contributed by atoms with Crippen LogP contribution < -0.4 is 0 Å². The highest BCUT2D eigenvalue weighted by Crippen LogP contribution is 2.31. The van der Waals surface area contributed by atoms with Gasteiger partial charge in [0.25, 0.3) is 0 Å². The smallest absolute Gasteiger partial charge is 0.157 e. The monoisotopic (exact) mass is 201 g/mol. The molecule has 0 saturated carbocycles. The Morgan fingerprint density at radius 2 is 2.07 bits per heavy atom. The molecule has 0 aromatic carbocycles. The maximum absolute atomic E-state index is 9.47. The lowest BCUT2D eigenvalue weighted by molar-refractivity contribution is -0.219. The first-order chi connectivity index (χ1) is 6.61. The highest BCUT2D eigenvalue weighted by atomic mass is 16.6.